The van der Waals surface area contributed by atoms with Crippen LogP contribution in [0.1, 0.15) is 24.5 Å². The summed E-state index contributed by atoms with van der Waals surface area (Å²) in [5.74, 6) is 0.802. The average molecular weight is 388 g/mol. The van der Waals surface area contributed by atoms with Crippen LogP contribution in [0.4, 0.5) is 13.2 Å². The quantitative estimate of drug-likeness (QED) is 0.631. The first-order valence-corrected chi connectivity index (χ1v) is 8.27. The Morgan fingerprint density at radius 1 is 1.00 bits per heavy atom. The van der Waals surface area contributed by atoms with Crippen molar-refractivity contribution in [3.05, 3.63) is 53.6 Å². The fraction of sp³-hybridized carbons (Fsp3) is 0.400. The lowest BCUT2D eigenvalue weighted by molar-refractivity contribution is -0.137. The Morgan fingerprint density at radius 2 is 1.58 bits per heavy atom. The van der Waals surface area contributed by atoms with Gasteiger partial charge in [0.25, 0.3) is 0 Å². The zero-order chi connectivity index (χ0) is 18.6. The molecule has 2 nitrogen and oxygen atoms in total. The van der Waals surface area contributed by atoms with Crippen molar-refractivity contribution in [1.29, 1.82) is 0 Å². The third-order valence-electron chi connectivity index (χ3n) is 4.48. The van der Waals surface area contributed by atoms with Gasteiger partial charge in [-0.3, -0.25) is 0 Å². The normalized spacial score (nSPS) is 12.6. The van der Waals surface area contributed by atoms with Gasteiger partial charge in [-0.1, -0.05) is 25.1 Å². The fourth-order valence-electron chi connectivity index (χ4n) is 2.92. The molecule has 1 atom stereocenters. The van der Waals surface area contributed by atoms with Crippen molar-refractivity contribution in [2.24, 2.45) is 0 Å². The first-order valence-electron chi connectivity index (χ1n) is 8.27. The second kappa shape index (κ2) is 9.28. The Balaban J connectivity index is 0.00000338. The molecular weight excluding hydrogens is 363 g/mol. The molecule has 0 radical (unpaired) electrons. The van der Waals surface area contributed by atoms with E-state index in [1.165, 1.54) is 12.1 Å². The molecule has 144 valence electrons. The van der Waals surface area contributed by atoms with E-state index >= 15 is 0 Å². The van der Waals surface area contributed by atoms with Gasteiger partial charge in [-0.15, -0.1) is 12.4 Å². The van der Waals surface area contributed by atoms with Crippen molar-refractivity contribution in [3.63, 3.8) is 0 Å². The first kappa shape index (κ1) is 22.3. The lowest BCUT2D eigenvalue weighted by Crippen LogP contribution is -2.29. The summed E-state index contributed by atoms with van der Waals surface area (Å²) in [5, 5.41) is 0. The lowest BCUT2D eigenvalue weighted by Gasteiger charge is -2.24. The van der Waals surface area contributed by atoms with Crippen LogP contribution in [-0.4, -0.2) is 32.1 Å². The number of benzene rings is 2. The van der Waals surface area contributed by atoms with Crippen molar-refractivity contribution >= 4 is 12.4 Å². The monoisotopic (exact) mass is 387 g/mol. The Labute approximate surface area is 159 Å². The molecule has 0 saturated carbocycles. The number of halogens is 4. The molecular formula is C20H25ClF3NO. The number of rotatable bonds is 6. The summed E-state index contributed by atoms with van der Waals surface area (Å²) >= 11 is 0. The summed E-state index contributed by atoms with van der Waals surface area (Å²) in [4.78, 5) is 2.17. The number of ether oxygens (including phenoxy) is 1. The molecule has 2 aromatic rings. The van der Waals surface area contributed by atoms with Gasteiger partial charge in [0.15, 0.2) is 0 Å². The van der Waals surface area contributed by atoms with Crippen molar-refractivity contribution in [2.45, 2.75) is 32.0 Å². The van der Waals surface area contributed by atoms with Gasteiger partial charge in [-0.05, 0) is 67.9 Å². The van der Waals surface area contributed by atoms with E-state index in [1.54, 1.807) is 7.11 Å². The molecule has 0 aromatic heterocycles. The number of nitrogens with zero attached hydrogens (tertiary/aromatic N) is 1. The summed E-state index contributed by atoms with van der Waals surface area (Å²) in [5.41, 5.74) is 2.07. The van der Waals surface area contributed by atoms with Crippen LogP contribution in [0.2, 0.25) is 0 Å². The van der Waals surface area contributed by atoms with Crippen LogP contribution in [-0.2, 0) is 12.6 Å². The summed E-state index contributed by atoms with van der Waals surface area (Å²) in [6, 6.07) is 11.4. The Bertz CT molecular complexity index is 699. The van der Waals surface area contributed by atoms with Crippen LogP contribution >= 0.6 is 12.4 Å². The highest BCUT2D eigenvalue weighted by atomic mass is 35.5. The van der Waals surface area contributed by atoms with E-state index in [0.717, 1.165) is 47.4 Å². The summed E-state index contributed by atoms with van der Waals surface area (Å²) in [6.07, 6.45) is -2.49. The number of methoxy groups -OCH3 is 1. The van der Waals surface area contributed by atoms with Crippen LogP contribution in [0.3, 0.4) is 0 Å². The summed E-state index contributed by atoms with van der Waals surface area (Å²) in [6.45, 7) is 2.14. The van der Waals surface area contributed by atoms with Gasteiger partial charge in [0.1, 0.15) is 5.75 Å². The maximum Gasteiger partial charge on any atom is 0.416 e. The van der Waals surface area contributed by atoms with Crippen molar-refractivity contribution in [1.82, 2.24) is 4.90 Å². The second-order valence-electron chi connectivity index (χ2n) is 6.33. The van der Waals surface area contributed by atoms with Crippen LogP contribution in [0.5, 0.6) is 5.75 Å². The predicted molar refractivity (Wildman–Crippen MR) is 102 cm³/mol. The third-order valence-corrected chi connectivity index (χ3v) is 4.48. The summed E-state index contributed by atoms with van der Waals surface area (Å²) in [7, 11) is 5.72. The Morgan fingerprint density at radius 3 is 2.04 bits per heavy atom. The van der Waals surface area contributed by atoms with Gasteiger partial charge < -0.3 is 9.64 Å². The Hall–Kier alpha value is -1.72. The van der Waals surface area contributed by atoms with Crippen LogP contribution < -0.4 is 4.74 Å². The molecule has 0 N–H and O–H groups in total. The van der Waals surface area contributed by atoms with E-state index in [9.17, 15) is 13.2 Å². The van der Waals surface area contributed by atoms with Gasteiger partial charge in [0.05, 0.1) is 12.7 Å². The molecule has 6 heteroatoms. The van der Waals surface area contributed by atoms with Crippen LogP contribution in [0.15, 0.2) is 42.5 Å². The van der Waals surface area contributed by atoms with Crippen molar-refractivity contribution < 1.29 is 17.9 Å². The zero-order valence-corrected chi connectivity index (χ0v) is 16.2. The topological polar surface area (TPSA) is 12.5 Å². The van der Waals surface area contributed by atoms with Crippen molar-refractivity contribution in [2.75, 3.05) is 21.2 Å². The highest BCUT2D eigenvalue weighted by Gasteiger charge is 2.30. The first-order chi connectivity index (χ1) is 11.8. The molecule has 0 aliphatic carbocycles. The average Bonchev–Trinajstić information content (AvgIpc) is 2.58. The largest absolute Gasteiger partial charge is 0.496 e. The smallest absolute Gasteiger partial charge is 0.416 e. The van der Waals surface area contributed by atoms with E-state index in [2.05, 4.69) is 11.8 Å². The number of alkyl halides is 3. The van der Waals surface area contributed by atoms with Gasteiger partial charge in [-0.2, -0.15) is 13.2 Å². The molecule has 0 bridgehead atoms. The van der Waals surface area contributed by atoms with Crippen LogP contribution in [0, 0.1) is 0 Å². The van der Waals surface area contributed by atoms with Gasteiger partial charge in [0.2, 0.25) is 0 Å². The highest BCUT2D eigenvalue weighted by molar-refractivity contribution is 5.85. The molecule has 1 unspecified atom stereocenters. The predicted octanol–water partition coefficient (Wildman–Crippen LogP) is 5.69. The number of likely N-dealkylation sites (N-methyl/N-ethyl adjacent to an activating group) is 1. The number of hydrogen-bond donors (Lipinski definition) is 0. The second-order valence-corrected chi connectivity index (χ2v) is 6.33. The third kappa shape index (κ3) is 5.39. The SMILES string of the molecule is CCC(Cc1cc(-c2ccc(C(F)(F)F)cc2)ccc1OC)N(C)C.Cl. The van der Waals surface area contributed by atoms with Gasteiger partial charge in [0, 0.05) is 6.04 Å². The molecule has 0 aliphatic rings. The molecule has 0 amide bonds. The zero-order valence-electron chi connectivity index (χ0n) is 15.4. The van der Waals surface area contributed by atoms with E-state index in [1.807, 2.05) is 32.3 Å². The lowest BCUT2D eigenvalue weighted by atomic mass is 9.96. The van der Waals surface area contributed by atoms with E-state index in [0.29, 0.717) is 6.04 Å². The fourth-order valence-corrected chi connectivity index (χ4v) is 2.92. The van der Waals surface area contributed by atoms with E-state index < -0.39 is 11.7 Å². The molecule has 0 aliphatic heterocycles. The number of hydrogen-bond acceptors (Lipinski definition) is 2. The standard InChI is InChI=1S/C20H24F3NO.ClH/c1-5-18(24(2)3)13-16-12-15(8-11-19(16)25-4)14-6-9-17(10-7-14)20(21,22)23;/h6-12,18H,5,13H2,1-4H3;1H. The van der Waals surface area contributed by atoms with Crippen molar-refractivity contribution in [3.8, 4) is 16.9 Å². The molecule has 2 rings (SSSR count). The minimum atomic E-state index is -4.32. The maximum atomic E-state index is 12.7. The van der Waals surface area contributed by atoms with E-state index in [-0.39, 0.29) is 12.4 Å². The Kier molecular flexibility index (Phi) is 7.97. The van der Waals surface area contributed by atoms with Gasteiger partial charge in [-0.25, -0.2) is 0 Å². The molecule has 0 saturated heterocycles. The molecule has 2 aromatic carbocycles. The van der Waals surface area contributed by atoms with Gasteiger partial charge >= 0.3 is 6.18 Å². The maximum absolute atomic E-state index is 12.7. The minimum absolute atomic E-state index is 0. The molecule has 0 heterocycles. The molecule has 0 fully saturated rings. The molecule has 0 spiro atoms. The van der Waals surface area contributed by atoms with E-state index in [4.69, 9.17) is 4.74 Å². The minimum Gasteiger partial charge on any atom is -0.496 e. The molecule has 26 heavy (non-hydrogen) atoms. The summed E-state index contributed by atoms with van der Waals surface area (Å²) < 4.78 is 43.6. The van der Waals surface area contributed by atoms with Crippen LogP contribution in [0.25, 0.3) is 11.1 Å². The highest BCUT2D eigenvalue weighted by Crippen LogP contribution is 2.32.